The number of anilines is 1. The number of ether oxygens (including phenoxy) is 1. The Morgan fingerprint density at radius 1 is 1.31 bits per heavy atom. The zero-order valence-corrected chi connectivity index (χ0v) is 21.5. The highest BCUT2D eigenvalue weighted by Gasteiger charge is 2.28. The highest BCUT2D eigenvalue weighted by molar-refractivity contribution is 7.98. The number of hydrogen-bond donors (Lipinski definition) is 3. The second-order valence-electron chi connectivity index (χ2n) is 7.81. The molecule has 192 valence electrons. The van der Waals surface area contributed by atoms with Gasteiger partial charge in [0.2, 0.25) is 0 Å². The number of hydrogen-bond acceptors (Lipinski definition) is 9. The van der Waals surface area contributed by atoms with Crippen molar-refractivity contribution in [3.63, 3.8) is 0 Å². The molecule has 0 unspecified atom stereocenters. The molecule has 0 saturated carbocycles. The zero-order chi connectivity index (χ0) is 26.4. The molecule has 0 spiro atoms. The zero-order valence-electron chi connectivity index (χ0n) is 19.1. The molecular weight excluding hydrogens is 532 g/mol. The number of nitrogens with one attached hydrogen (secondary N) is 2. The minimum atomic E-state index is -1.09. The first kappa shape index (κ1) is 27.4. The Morgan fingerprint density at radius 2 is 2.06 bits per heavy atom. The lowest BCUT2D eigenvalue weighted by Gasteiger charge is -2.17. The monoisotopic (exact) mass is 554 g/mol. The number of amides is 3. The number of nitrogens with zero attached hydrogens (tertiary/aromatic N) is 1. The molecule has 1 aromatic carbocycles. The van der Waals surface area contributed by atoms with E-state index in [4.69, 9.17) is 22.1 Å². The fourth-order valence-corrected chi connectivity index (χ4v) is 5.72. The van der Waals surface area contributed by atoms with Crippen LogP contribution in [0.4, 0.5) is 10.7 Å². The van der Waals surface area contributed by atoms with E-state index in [9.17, 15) is 29.3 Å². The quantitative estimate of drug-likeness (QED) is 0.216. The third-order valence-electron chi connectivity index (χ3n) is 5.37. The number of esters is 1. The van der Waals surface area contributed by atoms with E-state index in [1.54, 1.807) is 0 Å². The molecule has 11 nitrogen and oxygen atoms in total. The van der Waals surface area contributed by atoms with E-state index >= 15 is 0 Å². The van der Waals surface area contributed by atoms with E-state index in [1.807, 2.05) is 6.26 Å². The molecule has 1 aromatic heterocycles. The smallest absolute Gasteiger partial charge is 0.329 e. The van der Waals surface area contributed by atoms with Crippen LogP contribution in [0.15, 0.2) is 18.2 Å². The average Bonchev–Trinajstić information content (AvgIpc) is 3.40. The van der Waals surface area contributed by atoms with Crippen molar-refractivity contribution in [3.8, 4) is 0 Å². The molecule has 0 fully saturated rings. The summed E-state index contributed by atoms with van der Waals surface area (Å²) in [4.78, 5) is 60.9. The first-order chi connectivity index (χ1) is 17.1. The van der Waals surface area contributed by atoms with Gasteiger partial charge in [0, 0.05) is 17.0 Å². The number of carbonyl (C=O) groups excluding carboxylic acids is 4. The standard InChI is InChI=1S/C22H23ClN4O7S2/c1-35-8-7-15(25-20(30)12-6-5-11(27(32)33)9-14(12)23)22(31)34-10-17(28)26-21-18(19(24)29)13-3-2-4-16(13)36-21/h5-6,9,15H,2-4,7-8,10H2,1H3,(H2,24,29)(H,25,30)(H,26,28)/t15-/m1/s1. The summed E-state index contributed by atoms with van der Waals surface area (Å²) in [7, 11) is 0. The van der Waals surface area contributed by atoms with E-state index in [-0.39, 0.29) is 28.3 Å². The van der Waals surface area contributed by atoms with Crippen LogP contribution in [-0.4, -0.2) is 53.3 Å². The number of rotatable bonds is 11. The molecule has 3 rings (SSSR count). The number of carbonyl (C=O) groups is 4. The van der Waals surface area contributed by atoms with Crippen molar-refractivity contribution in [3.05, 3.63) is 54.9 Å². The summed E-state index contributed by atoms with van der Waals surface area (Å²) in [6.07, 6.45) is 4.47. The van der Waals surface area contributed by atoms with Gasteiger partial charge in [-0.2, -0.15) is 11.8 Å². The summed E-state index contributed by atoms with van der Waals surface area (Å²) in [6.45, 7) is -0.635. The maximum Gasteiger partial charge on any atom is 0.329 e. The van der Waals surface area contributed by atoms with Crippen molar-refractivity contribution in [2.24, 2.45) is 5.73 Å². The number of fused-ring (bicyclic) bond motifs is 1. The first-order valence-electron chi connectivity index (χ1n) is 10.8. The molecule has 0 bridgehead atoms. The summed E-state index contributed by atoms with van der Waals surface area (Å²) >= 11 is 8.73. The van der Waals surface area contributed by atoms with Gasteiger partial charge in [-0.3, -0.25) is 24.5 Å². The van der Waals surface area contributed by atoms with Crippen LogP contribution in [0.25, 0.3) is 0 Å². The number of nitro benzene ring substituents is 1. The van der Waals surface area contributed by atoms with Crippen LogP contribution in [0, 0.1) is 10.1 Å². The van der Waals surface area contributed by atoms with Crippen LogP contribution < -0.4 is 16.4 Å². The Bertz CT molecular complexity index is 1220. The lowest BCUT2D eigenvalue weighted by molar-refractivity contribution is -0.384. The van der Waals surface area contributed by atoms with Crippen LogP contribution in [0.3, 0.4) is 0 Å². The lowest BCUT2D eigenvalue weighted by atomic mass is 10.1. The summed E-state index contributed by atoms with van der Waals surface area (Å²) in [5.74, 6) is -2.34. The van der Waals surface area contributed by atoms with E-state index in [0.29, 0.717) is 17.2 Å². The lowest BCUT2D eigenvalue weighted by Crippen LogP contribution is -2.43. The molecule has 1 aliphatic carbocycles. The SMILES string of the molecule is CSCC[C@@H](NC(=O)c1ccc([N+](=O)[O-])cc1Cl)C(=O)OCC(=O)Nc1sc2c(c1C(N)=O)CCC2. The third kappa shape index (κ3) is 6.53. The van der Waals surface area contributed by atoms with Gasteiger partial charge >= 0.3 is 5.97 Å². The van der Waals surface area contributed by atoms with Gasteiger partial charge in [-0.25, -0.2) is 4.79 Å². The van der Waals surface area contributed by atoms with Gasteiger partial charge in [-0.15, -0.1) is 11.3 Å². The predicted molar refractivity (Wildman–Crippen MR) is 137 cm³/mol. The number of aryl methyl sites for hydroxylation is 1. The number of thiophene rings is 1. The Morgan fingerprint density at radius 3 is 2.69 bits per heavy atom. The number of primary amides is 1. The molecule has 0 aliphatic heterocycles. The molecule has 0 radical (unpaired) electrons. The van der Waals surface area contributed by atoms with Crippen LogP contribution in [0.1, 0.15) is 44.0 Å². The predicted octanol–water partition coefficient (Wildman–Crippen LogP) is 2.93. The van der Waals surface area contributed by atoms with Gasteiger partial charge in [-0.05, 0) is 49.3 Å². The second-order valence-corrected chi connectivity index (χ2v) is 10.3. The largest absolute Gasteiger partial charge is 0.454 e. The normalized spacial score (nSPS) is 12.9. The minimum absolute atomic E-state index is 0.0494. The third-order valence-corrected chi connectivity index (χ3v) is 7.54. The maximum absolute atomic E-state index is 12.7. The van der Waals surface area contributed by atoms with Crippen molar-refractivity contribution in [1.29, 1.82) is 0 Å². The summed E-state index contributed by atoms with van der Waals surface area (Å²) < 4.78 is 5.12. The van der Waals surface area contributed by atoms with Gasteiger partial charge in [0.15, 0.2) is 6.61 Å². The Kier molecular flexibility index (Phi) is 9.29. The summed E-state index contributed by atoms with van der Waals surface area (Å²) in [6, 6.07) is 2.27. The minimum Gasteiger partial charge on any atom is -0.454 e. The molecule has 1 atom stereocenters. The van der Waals surface area contributed by atoms with E-state index in [2.05, 4.69) is 10.6 Å². The van der Waals surface area contributed by atoms with E-state index in [0.717, 1.165) is 35.4 Å². The topological polar surface area (TPSA) is 171 Å². The van der Waals surface area contributed by atoms with Crippen molar-refractivity contribution >= 4 is 69.1 Å². The number of benzene rings is 1. The van der Waals surface area contributed by atoms with Gasteiger partial charge in [0.1, 0.15) is 11.0 Å². The molecule has 36 heavy (non-hydrogen) atoms. The number of non-ortho nitro benzene ring substituents is 1. The molecule has 2 aromatic rings. The average molecular weight is 555 g/mol. The fourth-order valence-electron chi connectivity index (χ4n) is 3.68. The van der Waals surface area contributed by atoms with Crippen LogP contribution in [0.5, 0.6) is 0 Å². The number of thioether (sulfide) groups is 1. The highest BCUT2D eigenvalue weighted by atomic mass is 35.5. The van der Waals surface area contributed by atoms with Gasteiger partial charge in [0.05, 0.1) is 21.1 Å². The van der Waals surface area contributed by atoms with Gasteiger partial charge in [0.25, 0.3) is 23.4 Å². The molecule has 14 heteroatoms. The molecule has 1 aliphatic rings. The van der Waals surface area contributed by atoms with Crippen LogP contribution in [-0.2, 0) is 27.2 Å². The van der Waals surface area contributed by atoms with Crippen molar-refractivity contribution in [2.75, 3.05) is 23.9 Å². The van der Waals surface area contributed by atoms with E-state index < -0.39 is 41.3 Å². The molecular formula is C22H23ClN4O7S2. The van der Waals surface area contributed by atoms with Crippen molar-refractivity contribution < 1.29 is 28.8 Å². The first-order valence-corrected chi connectivity index (χ1v) is 13.4. The molecule has 3 amide bonds. The molecule has 0 saturated heterocycles. The van der Waals surface area contributed by atoms with Gasteiger partial charge in [-0.1, -0.05) is 11.6 Å². The molecule has 4 N–H and O–H groups in total. The fraction of sp³-hybridized carbons (Fsp3) is 0.364. The Hall–Kier alpha value is -3.16. The second kappa shape index (κ2) is 12.2. The summed E-state index contributed by atoms with van der Waals surface area (Å²) in [5, 5.41) is 16.2. The van der Waals surface area contributed by atoms with Crippen molar-refractivity contribution in [1.82, 2.24) is 5.32 Å². The number of nitrogens with two attached hydrogens (primary N) is 1. The maximum atomic E-state index is 12.7. The van der Waals surface area contributed by atoms with Gasteiger partial charge < -0.3 is 21.1 Å². The molecule has 1 heterocycles. The van der Waals surface area contributed by atoms with Crippen LogP contribution >= 0.6 is 34.7 Å². The highest BCUT2D eigenvalue weighted by Crippen LogP contribution is 2.38. The van der Waals surface area contributed by atoms with E-state index in [1.165, 1.54) is 29.2 Å². The Balaban J connectivity index is 1.63. The number of nitro groups is 1. The van der Waals surface area contributed by atoms with Crippen molar-refractivity contribution in [2.45, 2.75) is 31.7 Å². The Labute approximate surface area is 219 Å². The number of halogens is 1. The van der Waals surface area contributed by atoms with Crippen LogP contribution in [0.2, 0.25) is 5.02 Å². The summed E-state index contributed by atoms with van der Waals surface area (Å²) in [5.41, 5.74) is 6.30.